The van der Waals surface area contributed by atoms with Gasteiger partial charge in [-0.3, -0.25) is 43.5 Å². The first-order chi connectivity index (χ1) is 29.2. The maximum absolute atomic E-state index is 13.5. The summed E-state index contributed by atoms with van der Waals surface area (Å²) in [6.07, 6.45) is 9.08. The highest BCUT2D eigenvalue weighted by Crippen LogP contribution is 2.37. The maximum Gasteiger partial charge on any atom is 0.263 e. The second-order valence-electron chi connectivity index (χ2n) is 15.1. The van der Waals surface area contributed by atoms with Crippen LogP contribution in [0, 0.1) is 0 Å². The Morgan fingerprint density at radius 3 is 2.42 bits per heavy atom. The van der Waals surface area contributed by atoms with Gasteiger partial charge in [0.1, 0.15) is 34.7 Å². The number of pyridine rings is 1. The number of imidazole rings is 1. The molecular weight excluding hydrogens is 779 g/mol. The standard InChI is InChI=1S/C45H41N9O5S/c46-40-39-38(29-13-15-30(16-14-29)42(56)49-35-8-1-2-21-47-35)51-41(53(39)25-22-48-40)32-6-4-23-52(32)24-19-27-9-11-28(12-10-27)20-26-60-34-7-3-5-31-37(34)45(59)54(44(31)58)33-17-18-36(55)50-43(33)57/h1-3,5,7-16,21-22,25,32-33H,4,6,17-20,23-24,26H2,(H2,46,48)(H,47,49,56)(H,50,55,57)/t32-,33?/m0/s1. The number of nitrogens with one attached hydrogen (secondary N) is 2. The lowest BCUT2D eigenvalue weighted by Gasteiger charge is -2.27. The number of rotatable bonds is 12. The van der Waals surface area contributed by atoms with Crippen LogP contribution in [0.1, 0.15) is 79.8 Å². The number of likely N-dealkylation sites (tertiary alicyclic amines) is 1. The zero-order valence-electron chi connectivity index (χ0n) is 32.5. The number of nitrogens with zero attached hydrogens (tertiary/aromatic N) is 6. The summed E-state index contributed by atoms with van der Waals surface area (Å²) >= 11 is 1.51. The summed E-state index contributed by atoms with van der Waals surface area (Å²) in [6.45, 7) is 1.81. The molecule has 3 aromatic carbocycles. The molecule has 0 radical (unpaired) electrons. The Morgan fingerprint density at radius 1 is 0.850 bits per heavy atom. The second kappa shape index (κ2) is 16.5. The molecule has 1 unspecified atom stereocenters. The molecule has 0 bridgehead atoms. The second-order valence-corrected chi connectivity index (χ2v) is 16.2. The van der Waals surface area contributed by atoms with E-state index in [1.807, 2.05) is 30.5 Å². The number of amides is 5. The molecule has 3 aliphatic rings. The number of nitrogen functional groups attached to an aromatic ring is 1. The van der Waals surface area contributed by atoms with Crippen molar-refractivity contribution in [2.24, 2.45) is 0 Å². The molecule has 2 atom stereocenters. The van der Waals surface area contributed by atoms with E-state index in [4.69, 9.17) is 10.7 Å². The van der Waals surface area contributed by atoms with Crippen LogP contribution in [0.2, 0.25) is 0 Å². The summed E-state index contributed by atoms with van der Waals surface area (Å²) in [5.74, 6) is 0.215. The lowest BCUT2D eigenvalue weighted by Crippen LogP contribution is -2.54. The quantitative estimate of drug-likeness (QED) is 0.101. The van der Waals surface area contributed by atoms with Crippen LogP contribution in [-0.2, 0) is 22.4 Å². The number of carbonyl (C=O) groups is 5. The number of piperidine rings is 1. The first kappa shape index (κ1) is 38.8. The number of hydrogen-bond donors (Lipinski definition) is 3. The number of aryl methyl sites for hydroxylation is 1. The van der Waals surface area contributed by atoms with Gasteiger partial charge in [0, 0.05) is 53.3 Å². The molecule has 2 saturated heterocycles. The molecule has 60 heavy (non-hydrogen) atoms. The van der Waals surface area contributed by atoms with E-state index in [1.165, 1.54) is 17.3 Å². The van der Waals surface area contributed by atoms with Crippen LogP contribution in [0.25, 0.3) is 16.8 Å². The Bertz CT molecular complexity index is 2650. The first-order valence-electron chi connectivity index (χ1n) is 20.0. The summed E-state index contributed by atoms with van der Waals surface area (Å²) < 4.78 is 2.06. The third-order valence-electron chi connectivity index (χ3n) is 11.4. The number of benzene rings is 3. The highest BCUT2D eigenvalue weighted by Gasteiger charge is 2.45. The zero-order valence-corrected chi connectivity index (χ0v) is 33.4. The van der Waals surface area contributed by atoms with Crippen LogP contribution in [-0.4, -0.2) is 83.6 Å². The number of fused-ring (bicyclic) bond motifs is 2. The topological polar surface area (TPSA) is 185 Å². The Labute approximate surface area is 349 Å². The van der Waals surface area contributed by atoms with Crippen molar-refractivity contribution in [2.45, 2.75) is 55.5 Å². The van der Waals surface area contributed by atoms with E-state index in [1.54, 1.807) is 48.8 Å². The molecule has 4 N–H and O–H groups in total. The third-order valence-corrected chi connectivity index (χ3v) is 12.4. The van der Waals surface area contributed by atoms with Gasteiger partial charge in [-0.2, -0.15) is 0 Å². The molecule has 0 aliphatic carbocycles. The number of carbonyl (C=O) groups excluding carboxylic acids is 5. The van der Waals surface area contributed by atoms with Crippen LogP contribution < -0.4 is 16.4 Å². The van der Waals surface area contributed by atoms with E-state index in [-0.39, 0.29) is 30.4 Å². The van der Waals surface area contributed by atoms with E-state index in [0.717, 1.165) is 71.8 Å². The average molecular weight is 820 g/mol. The molecule has 0 spiro atoms. The summed E-state index contributed by atoms with van der Waals surface area (Å²) in [6, 6.07) is 25.6. The fraction of sp³-hybridized carbons (Fsp3) is 0.244. The van der Waals surface area contributed by atoms with Crippen molar-refractivity contribution in [3.05, 3.63) is 137 Å². The molecule has 6 aromatic rings. The van der Waals surface area contributed by atoms with Crippen LogP contribution in [0.4, 0.5) is 11.6 Å². The smallest absolute Gasteiger partial charge is 0.263 e. The lowest BCUT2D eigenvalue weighted by atomic mass is 10.0. The molecule has 0 saturated carbocycles. The minimum atomic E-state index is -0.991. The molecule has 9 rings (SSSR count). The zero-order chi connectivity index (χ0) is 41.3. The molecular formula is C45H41N9O5S. The van der Waals surface area contributed by atoms with Gasteiger partial charge >= 0.3 is 0 Å². The van der Waals surface area contributed by atoms with Gasteiger partial charge < -0.3 is 11.1 Å². The largest absolute Gasteiger partial charge is 0.382 e. The van der Waals surface area contributed by atoms with E-state index in [2.05, 4.69) is 54.2 Å². The van der Waals surface area contributed by atoms with Gasteiger partial charge in [-0.1, -0.05) is 48.5 Å². The molecule has 15 heteroatoms. The van der Waals surface area contributed by atoms with E-state index >= 15 is 0 Å². The lowest BCUT2D eigenvalue weighted by molar-refractivity contribution is -0.136. The summed E-state index contributed by atoms with van der Waals surface area (Å²) in [5.41, 5.74) is 12.3. The van der Waals surface area contributed by atoms with E-state index in [0.29, 0.717) is 33.4 Å². The van der Waals surface area contributed by atoms with Gasteiger partial charge in [-0.25, -0.2) is 15.0 Å². The molecule has 5 amide bonds. The Kier molecular flexibility index (Phi) is 10.7. The Hall–Kier alpha value is -6.71. The normalized spacial score (nSPS) is 18.0. The SMILES string of the molecule is Nc1nccn2c([C@@H]3CCCN3CCc3ccc(CCSc4cccc5c4C(=O)N(C4CCC(=O)NC4=O)C5=O)cc3)nc(-c3ccc(C(=O)Nc4ccccn4)cc3)c12. The number of imide groups is 2. The van der Waals surface area contributed by atoms with Crippen molar-refractivity contribution in [1.29, 1.82) is 0 Å². The fourth-order valence-electron chi connectivity index (χ4n) is 8.34. The number of hydrogen-bond acceptors (Lipinski definition) is 11. The minimum Gasteiger partial charge on any atom is -0.382 e. The monoisotopic (exact) mass is 819 g/mol. The van der Waals surface area contributed by atoms with Crippen LogP contribution in [0.5, 0.6) is 0 Å². The van der Waals surface area contributed by atoms with Gasteiger partial charge in [-0.15, -0.1) is 11.8 Å². The van der Waals surface area contributed by atoms with Crippen molar-refractivity contribution in [3.63, 3.8) is 0 Å². The molecule has 3 aliphatic heterocycles. The molecule has 14 nitrogen and oxygen atoms in total. The van der Waals surface area contributed by atoms with E-state index < -0.39 is 29.7 Å². The molecule has 6 heterocycles. The Morgan fingerprint density at radius 2 is 1.65 bits per heavy atom. The average Bonchev–Trinajstić information content (AvgIpc) is 3.96. The third kappa shape index (κ3) is 7.53. The van der Waals surface area contributed by atoms with Gasteiger partial charge in [0.15, 0.2) is 0 Å². The van der Waals surface area contributed by atoms with Crippen molar-refractivity contribution >= 4 is 58.5 Å². The minimum absolute atomic E-state index is 0.0802. The highest BCUT2D eigenvalue weighted by atomic mass is 32.2. The number of anilines is 2. The van der Waals surface area contributed by atoms with Crippen molar-refractivity contribution in [2.75, 3.05) is 29.9 Å². The molecule has 302 valence electrons. The molecule has 2 fully saturated rings. The Balaban J connectivity index is 0.830. The predicted molar refractivity (Wildman–Crippen MR) is 226 cm³/mol. The first-order valence-corrected chi connectivity index (χ1v) is 21.0. The van der Waals surface area contributed by atoms with Crippen LogP contribution in [0.3, 0.4) is 0 Å². The van der Waals surface area contributed by atoms with Crippen molar-refractivity contribution < 1.29 is 24.0 Å². The fourth-order valence-corrected chi connectivity index (χ4v) is 9.42. The number of nitrogens with two attached hydrogens (primary N) is 1. The predicted octanol–water partition coefficient (Wildman–Crippen LogP) is 5.74. The van der Waals surface area contributed by atoms with Gasteiger partial charge in [-0.05, 0) is 86.2 Å². The van der Waals surface area contributed by atoms with Gasteiger partial charge in [0.25, 0.3) is 17.7 Å². The highest BCUT2D eigenvalue weighted by molar-refractivity contribution is 7.99. The number of aromatic nitrogens is 4. The van der Waals surface area contributed by atoms with E-state index in [9.17, 15) is 24.0 Å². The summed E-state index contributed by atoms with van der Waals surface area (Å²) in [5, 5.41) is 5.07. The van der Waals surface area contributed by atoms with Crippen LogP contribution >= 0.6 is 11.8 Å². The summed E-state index contributed by atoms with van der Waals surface area (Å²) in [7, 11) is 0. The van der Waals surface area contributed by atoms with Crippen LogP contribution in [0.15, 0.2) is 108 Å². The van der Waals surface area contributed by atoms with Crippen molar-refractivity contribution in [1.82, 2.24) is 34.5 Å². The van der Waals surface area contributed by atoms with Gasteiger partial charge in [0.05, 0.1) is 17.2 Å². The van der Waals surface area contributed by atoms with Crippen molar-refractivity contribution in [3.8, 4) is 11.3 Å². The van der Waals surface area contributed by atoms with Gasteiger partial charge in [0.2, 0.25) is 11.8 Å². The molecule has 3 aromatic heterocycles. The number of thioether (sulfide) groups is 1. The summed E-state index contributed by atoms with van der Waals surface area (Å²) in [4.78, 5) is 81.7. The maximum atomic E-state index is 13.5.